The van der Waals surface area contributed by atoms with Gasteiger partial charge in [-0.1, -0.05) is 0 Å². The van der Waals surface area contributed by atoms with Crippen LogP contribution in [0.2, 0.25) is 0 Å². The average Bonchev–Trinajstić information content (AvgIpc) is 2.65. The number of benzene rings is 2. The van der Waals surface area contributed by atoms with Crippen LogP contribution in [0.5, 0.6) is 5.75 Å². The number of ether oxygens (including phenoxy) is 2. The molecule has 2 aromatic carbocycles. The SMILES string of the molecule is CN(C)c1ccc([N+](=O)[O-])cc1C(=O)OCC(=O)c1ccc(OC(F)F)cc1. The third kappa shape index (κ3) is 5.22. The smallest absolute Gasteiger partial charge is 0.387 e. The van der Waals surface area contributed by atoms with Gasteiger partial charge in [-0.2, -0.15) is 8.78 Å². The predicted octanol–water partition coefficient (Wildman–Crippen LogP) is 3.30. The molecule has 28 heavy (non-hydrogen) atoms. The van der Waals surface area contributed by atoms with E-state index in [-0.39, 0.29) is 22.6 Å². The van der Waals surface area contributed by atoms with Gasteiger partial charge in [0.25, 0.3) is 5.69 Å². The number of nitro benzene ring substituents is 1. The van der Waals surface area contributed by atoms with Gasteiger partial charge in [0, 0.05) is 31.8 Å². The highest BCUT2D eigenvalue weighted by Gasteiger charge is 2.20. The molecule has 0 radical (unpaired) electrons. The quantitative estimate of drug-likeness (QED) is 0.293. The number of halogens is 2. The number of esters is 1. The van der Waals surface area contributed by atoms with Gasteiger partial charge in [0.2, 0.25) is 0 Å². The summed E-state index contributed by atoms with van der Waals surface area (Å²) in [6, 6.07) is 8.61. The number of hydrogen-bond acceptors (Lipinski definition) is 7. The molecule has 0 atom stereocenters. The van der Waals surface area contributed by atoms with Crippen molar-refractivity contribution in [2.24, 2.45) is 0 Å². The number of anilines is 1. The third-order valence-electron chi connectivity index (χ3n) is 3.63. The first-order valence-corrected chi connectivity index (χ1v) is 7.90. The molecule has 2 rings (SSSR count). The Morgan fingerprint density at radius 3 is 2.32 bits per heavy atom. The molecule has 8 nitrogen and oxygen atoms in total. The van der Waals surface area contributed by atoms with Crippen LogP contribution in [-0.4, -0.2) is 44.0 Å². The zero-order valence-corrected chi connectivity index (χ0v) is 14.9. The fraction of sp³-hybridized carbons (Fsp3) is 0.222. The Balaban J connectivity index is 2.10. The van der Waals surface area contributed by atoms with E-state index >= 15 is 0 Å². The van der Waals surface area contributed by atoms with Crippen molar-refractivity contribution < 1.29 is 32.8 Å². The lowest BCUT2D eigenvalue weighted by Crippen LogP contribution is -2.18. The Hall–Kier alpha value is -3.56. The van der Waals surface area contributed by atoms with E-state index < -0.39 is 29.9 Å². The van der Waals surface area contributed by atoms with Crippen molar-refractivity contribution in [3.63, 3.8) is 0 Å². The van der Waals surface area contributed by atoms with E-state index in [0.717, 1.165) is 6.07 Å². The zero-order chi connectivity index (χ0) is 20.8. The second-order valence-electron chi connectivity index (χ2n) is 5.76. The van der Waals surface area contributed by atoms with Crippen molar-refractivity contribution >= 4 is 23.1 Å². The van der Waals surface area contributed by atoms with Gasteiger partial charge in [0.05, 0.1) is 16.2 Å². The van der Waals surface area contributed by atoms with Gasteiger partial charge in [-0.3, -0.25) is 14.9 Å². The molecule has 0 fully saturated rings. The second-order valence-corrected chi connectivity index (χ2v) is 5.76. The van der Waals surface area contributed by atoms with Crippen LogP contribution in [0.3, 0.4) is 0 Å². The largest absolute Gasteiger partial charge is 0.454 e. The third-order valence-corrected chi connectivity index (χ3v) is 3.63. The number of carbonyl (C=O) groups is 2. The summed E-state index contributed by atoms with van der Waals surface area (Å²) in [4.78, 5) is 36.3. The number of alkyl halides is 2. The minimum absolute atomic E-state index is 0.0623. The molecule has 0 heterocycles. The van der Waals surface area contributed by atoms with E-state index in [2.05, 4.69) is 4.74 Å². The summed E-state index contributed by atoms with van der Waals surface area (Å²) < 4.78 is 33.4. The van der Waals surface area contributed by atoms with Crippen LogP contribution in [0.25, 0.3) is 0 Å². The first-order chi connectivity index (χ1) is 13.2. The maximum Gasteiger partial charge on any atom is 0.387 e. The lowest BCUT2D eigenvalue weighted by Gasteiger charge is -2.16. The van der Waals surface area contributed by atoms with Gasteiger partial charge >= 0.3 is 12.6 Å². The molecular weight excluding hydrogens is 378 g/mol. The van der Waals surface area contributed by atoms with Crippen LogP contribution in [0.4, 0.5) is 20.2 Å². The highest BCUT2D eigenvalue weighted by Crippen LogP contribution is 2.25. The lowest BCUT2D eigenvalue weighted by atomic mass is 10.1. The number of nitro groups is 1. The Labute approximate surface area is 158 Å². The van der Waals surface area contributed by atoms with Crippen LogP contribution >= 0.6 is 0 Å². The summed E-state index contributed by atoms with van der Waals surface area (Å²) in [5.41, 5.74) is 0.156. The van der Waals surface area contributed by atoms with Crippen molar-refractivity contribution in [1.82, 2.24) is 0 Å². The van der Waals surface area contributed by atoms with E-state index in [1.54, 1.807) is 19.0 Å². The number of Topliss-reactive ketones (excluding diaryl/α,β-unsaturated/α-hetero) is 1. The number of hydrogen-bond donors (Lipinski definition) is 0. The lowest BCUT2D eigenvalue weighted by molar-refractivity contribution is -0.384. The number of rotatable bonds is 8. The first kappa shape index (κ1) is 20.7. The molecule has 0 aliphatic rings. The summed E-state index contributed by atoms with van der Waals surface area (Å²) in [7, 11) is 3.29. The highest BCUT2D eigenvalue weighted by atomic mass is 19.3. The molecule has 0 N–H and O–H groups in total. The van der Waals surface area contributed by atoms with Crippen LogP contribution in [-0.2, 0) is 4.74 Å². The van der Waals surface area contributed by atoms with Crippen LogP contribution in [0, 0.1) is 10.1 Å². The predicted molar refractivity (Wildman–Crippen MR) is 95.1 cm³/mol. The van der Waals surface area contributed by atoms with Crippen LogP contribution in [0.15, 0.2) is 42.5 Å². The minimum atomic E-state index is -2.98. The number of ketones is 1. The fourth-order valence-electron chi connectivity index (χ4n) is 2.31. The van der Waals surface area contributed by atoms with Gasteiger partial charge in [-0.25, -0.2) is 4.79 Å². The van der Waals surface area contributed by atoms with Crippen molar-refractivity contribution in [3.05, 3.63) is 63.7 Å². The Kier molecular flexibility index (Phi) is 6.59. The number of non-ortho nitro benzene ring substituents is 1. The van der Waals surface area contributed by atoms with Crippen molar-refractivity contribution in [3.8, 4) is 5.75 Å². The van der Waals surface area contributed by atoms with Crippen LogP contribution in [0.1, 0.15) is 20.7 Å². The van der Waals surface area contributed by atoms with E-state index in [1.807, 2.05) is 0 Å². The summed E-state index contributed by atoms with van der Waals surface area (Å²) in [5, 5.41) is 10.9. The summed E-state index contributed by atoms with van der Waals surface area (Å²) in [6.07, 6.45) is 0. The normalized spacial score (nSPS) is 10.5. The molecule has 0 aromatic heterocycles. The second kappa shape index (κ2) is 8.89. The van der Waals surface area contributed by atoms with E-state index in [1.165, 1.54) is 36.4 Å². The zero-order valence-electron chi connectivity index (χ0n) is 14.9. The van der Waals surface area contributed by atoms with Crippen molar-refractivity contribution in [1.29, 1.82) is 0 Å². The fourth-order valence-corrected chi connectivity index (χ4v) is 2.31. The average molecular weight is 394 g/mol. The molecule has 0 aliphatic heterocycles. The van der Waals surface area contributed by atoms with Gasteiger partial charge < -0.3 is 14.4 Å². The first-order valence-electron chi connectivity index (χ1n) is 7.90. The molecule has 0 amide bonds. The van der Waals surface area contributed by atoms with Gasteiger partial charge in [0.15, 0.2) is 12.4 Å². The Morgan fingerprint density at radius 1 is 1.14 bits per heavy atom. The summed E-state index contributed by atoms with van der Waals surface area (Å²) in [5.74, 6) is -1.59. The van der Waals surface area contributed by atoms with Crippen molar-refractivity contribution in [2.45, 2.75) is 6.61 Å². The minimum Gasteiger partial charge on any atom is -0.454 e. The monoisotopic (exact) mass is 394 g/mol. The molecule has 2 aromatic rings. The summed E-state index contributed by atoms with van der Waals surface area (Å²) >= 11 is 0. The van der Waals surface area contributed by atoms with E-state index in [0.29, 0.717) is 5.69 Å². The Morgan fingerprint density at radius 2 is 1.79 bits per heavy atom. The van der Waals surface area contributed by atoms with E-state index in [9.17, 15) is 28.5 Å². The van der Waals surface area contributed by atoms with Gasteiger partial charge in [-0.05, 0) is 30.3 Å². The van der Waals surface area contributed by atoms with Gasteiger partial charge in [0.1, 0.15) is 5.75 Å². The maximum atomic E-state index is 12.3. The molecule has 0 saturated carbocycles. The van der Waals surface area contributed by atoms with Crippen LogP contribution < -0.4 is 9.64 Å². The molecule has 148 valence electrons. The van der Waals surface area contributed by atoms with Gasteiger partial charge in [-0.15, -0.1) is 0 Å². The molecule has 0 spiro atoms. The molecule has 0 saturated heterocycles. The highest BCUT2D eigenvalue weighted by molar-refractivity contribution is 6.01. The maximum absolute atomic E-state index is 12.3. The summed E-state index contributed by atoms with van der Waals surface area (Å²) in [6.45, 7) is -3.60. The molecular formula is C18H16F2N2O6. The van der Waals surface area contributed by atoms with E-state index in [4.69, 9.17) is 4.74 Å². The molecule has 0 unspecified atom stereocenters. The van der Waals surface area contributed by atoms with Crippen molar-refractivity contribution in [2.75, 3.05) is 25.6 Å². The molecule has 10 heteroatoms. The number of nitrogens with zero attached hydrogens (tertiary/aromatic N) is 2. The molecule has 0 bridgehead atoms. The number of carbonyl (C=O) groups excluding carboxylic acids is 2. The Bertz CT molecular complexity index is 884. The topological polar surface area (TPSA) is 99.0 Å². The molecule has 0 aliphatic carbocycles. The standard InChI is InChI=1S/C18H16F2N2O6/c1-21(2)15-8-5-12(22(25)26)9-14(15)17(24)27-10-16(23)11-3-6-13(7-4-11)28-18(19)20/h3-9,18H,10H2,1-2H3.